The molecule has 0 radical (unpaired) electrons. The summed E-state index contributed by atoms with van der Waals surface area (Å²) in [6.07, 6.45) is 5.10. The van der Waals surface area contributed by atoms with Gasteiger partial charge < -0.3 is 35.4 Å². The number of anilines is 1. The number of fused-ring (bicyclic) bond motifs is 2. The third-order valence-corrected chi connectivity index (χ3v) is 16.4. The fourth-order valence-corrected chi connectivity index (χ4v) is 12.5. The number of likely N-dealkylation sites (tertiary alicyclic amines) is 2. The van der Waals surface area contributed by atoms with Gasteiger partial charge in [0, 0.05) is 105 Å². The minimum atomic E-state index is -1.14. The highest BCUT2D eigenvalue weighted by Gasteiger charge is 2.50. The molecule has 0 bridgehead atoms. The van der Waals surface area contributed by atoms with Crippen molar-refractivity contribution in [1.82, 2.24) is 30.2 Å². The van der Waals surface area contributed by atoms with Crippen LogP contribution in [0.15, 0.2) is 54.6 Å². The van der Waals surface area contributed by atoms with Crippen molar-refractivity contribution in [1.29, 1.82) is 0 Å². The molecule has 10 rings (SSSR count). The van der Waals surface area contributed by atoms with E-state index >= 15 is 17.6 Å². The highest BCUT2D eigenvalue weighted by Crippen LogP contribution is 2.56. The van der Waals surface area contributed by atoms with E-state index in [4.69, 9.17) is 26.8 Å². The molecule has 1 aromatic heterocycles. The van der Waals surface area contributed by atoms with Crippen molar-refractivity contribution in [3.05, 3.63) is 105 Å². The number of aromatic nitrogens is 2. The molecule has 4 fully saturated rings. The number of benzene rings is 4. The Morgan fingerprint density at radius 2 is 1.68 bits per heavy atom. The van der Waals surface area contributed by atoms with Gasteiger partial charge in [-0.3, -0.25) is 29.3 Å². The molecule has 5 aromatic rings. The summed E-state index contributed by atoms with van der Waals surface area (Å²) < 4.78 is 78.1. The zero-order valence-electron chi connectivity index (χ0n) is 41.2. The SMILES string of the molecule is CC1c2c(cc(F)c(Cl)c2-c2c(C(N)=O)ccc(OCCO)c2F)OC1(CNC1CCC(C(=O)N2CCC(CN3CCC(c4c(F)cc5c(N6CCC(=O)NC6=O)nn(C)c5c4F)C3)CC2)CC1)c1ccccc1. The van der Waals surface area contributed by atoms with E-state index in [0.29, 0.717) is 56.9 Å². The number of imide groups is 1. The molecule has 5 N–H and O–H groups in total. The van der Waals surface area contributed by atoms with E-state index in [1.165, 1.54) is 33.8 Å². The molecule has 3 atom stereocenters. The number of rotatable bonds is 14. The summed E-state index contributed by atoms with van der Waals surface area (Å²) in [6.45, 7) is 4.79. The Kier molecular flexibility index (Phi) is 14.4. The maximum absolute atomic E-state index is 16.5. The third kappa shape index (κ3) is 9.34. The quantitative estimate of drug-likeness (QED) is 0.0807. The van der Waals surface area contributed by atoms with Crippen LogP contribution in [0.2, 0.25) is 5.02 Å². The van der Waals surface area contributed by atoms with Crippen molar-refractivity contribution in [3.8, 4) is 22.6 Å². The Balaban J connectivity index is 0.755. The van der Waals surface area contributed by atoms with Crippen molar-refractivity contribution < 1.29 is 51.3 Å². The summed E-state index contributed by atoms with van der Waals surface area (Å²) in [5.74, 6) is -5.28. The minimum Gasteiger partial charge on any atom is -0.488 e. The molecule has 4 aromatic carbocycles. The Bertz CT molecular complexity index is 3020. The second kappa shape index (κ2) is 20.8. The van der Waals surface area contributed by atoms with Gasteiger partial charge >= 0.3 is 6.03 Å². The first-order valence-electron chi connectivity index (χ1n) is 25.4. The van der Waals surface area contributed by atoms with E-state index in [0.717, 1.165) is 37.8 Å². The highest BCUT2D eigenvalue weighted by molar-refractivity contribution is 6.34. The molecule has 74 heavy (non-hydrogen) atoms. The number of amides is 5. The predicted octanol–water partition coefficient (Wildman–Crippen LogP) is 7.63. The Morgan fingerprint density at radius 1 is 0.932 bits per heavy atom. The topological polar surface area (TPSA) is 185 Å². The fourth-order valence-electron chi connectivity index (χ4n) is 12.2. The van der Waals surface area contributed by atoms with E-state index in [2.05, 4.69) is 20.6 Å². The summed E-state index contributed by atoms with van der Waals surface area (Å²) in [6, 6.07) is 13.7. The van der Waals surface area contributed by atoms with Crippen LogP contribution in [0.3, 0.4) is 0 Å². The summed E-state index contributed by atoms with van der Waals surface area (Å²) in [5.41, 5.74) is 5.26. The van der Waals surface area contributed by atoms with Gasteiger partial charge in [0.2, 0.25) is 17.7 Å². The van der Waals surface area contributed by atoms with Crippen LogP contribution in [-0.2, 0) is 22.2 Å². The predicted molar refractivity (Wildman–Crippen MR) is 268 cm³/mol. The molecule has 15 nitrogen and oxygen atoms in total. The van der Waals surface area contributed by atoms with Gasteiger partial charge in [0.1, 0.15) is 29.5 Å². The molecule has 5 aliphatic rings. The van der Waals surface area contributed by atoms with Gasteiger partial charge in [-0.2, -0.15) is 5.10 Å². The van der Waals surface area contributed by atoms with Gasteiger partial charge in [-0.15, -0.1) is 0 Å². The average molecular weight is 1040 g/mol. The molecule has 4 aliphatic heterocycles. The maximum Gasteiger partial charge on any atom is 0.329 e. The number of nitrogens with zero attached hydrogens (tertiary/aromatic N) is 5. The van der Waals surface area contributed by atoms with Crippen LogP contribution >= 0.6 is 11.6 Å². The molecule has 20 heteroatoms. The van der Waals surface area contributed by atoms with Gasteiger partial charge in [-0.25, -0.2) is 22.4 Å². The normalized spacial score (nSPS) is 23.6. The van der Waals surface area contributed by atoms with Crippen LogP contribution in [0.5, 0.6) is 11.5 Å². The number of carbonyl (C=O) groups is 4. The molecule has 3 saturated heterocycles. The van der Waals surface area contributed by atoms with Crippen LogP contribution in [0.25, 0.3) is 22.0 Å². The number of nitrogens with two attached hydrogens (primary N) is 1. The van der Waals surface area contributed by atoms with E-state index < -0.39 is 64.3 Å². The van der Waals surface area contributed by atoms with Crippen LogP contribution < -0.4 is 30.7 Å². The number of ether oxygens (including phenoxy) is 2. The van der Waals surface area contributed by atoms with Gasteiger partial charge in [-0.1, -0.05) is 48.9 Å². The second-order valence-corrected chi connectivity index (χ2v) is 20.8. The summed E-state index contributed by atoms with van der Waals surface area (Å²) in [7, 11) is 1.55. The van der Waals surface area contributed by atoms with Crippen LogP contribution in [-0.4, -0.2) is 114 Å². The monoisotopic (exact) mass is 1040 g/mol. The molecule has 3 unspecified atom stereocenters. The highest BCUT2D eigenvalue weighted by atomic mass is 35.5. The zero-order chi connectivity index (χ0) is 52.2. The lowest BCUT2D eigenvalue weighted by molar-refractivity contribution is -0.138. The van der Waals surface area contributed by atoms with Crippen molar-refractivity contribution in [2.45, 2.75) is 81.8 Å². The van der Waals surface area contributed by atoms with Gasteiger partial charge in [0.25, 0.3) is 0 Å². The summed E-state index contributed by atoms with van der Waals surface area (Å²) in [5, 5.41) is 19.4. The summed E-state index contributed by atoms with van der Waals surface area (Å²) >= 11 is 6.71. The van der Waals surface area contributed by atoms with Crippen molar-refractivity contribution in [2.24, 2.45) is 24.6 Å². The molecule has 5 heterocycles. The number of hydrogen-bond acceptors (Lipinski definition) is 10. The standard InChI is InChI=1S/C54H59ClF4N8O7/c1-29-42-40(25-38(57)46(55)45(42)44-35(50(60)70)12-13-39(47(44)58)73-23-22-68)74-54(29,33-6-4-3-5-7-33)28-61-34-10-8-31(9-11-34)52(71)66-19-14-30(15-20-66)26-65-18-16-32(27-65)43-37(56)24-36-49(48(43)59)64(2)63-51(36)67-21-17-41(69)62-53(67)72/h3-7,12-13,24-25,29-32,34,61,68H,8-11,14-23,26-28H2,1-2H3,(H2,60,70)(H,62,69,72). The van der Waals surface area contributed by atoms with E-state index in [1.807, 2.05) is 42.2 Å². The Hall–Kier alpha value is -6.28. The first kappa shape index (κ1) is 51.2. The second-order valence-electron chi connectivity index (χ2n) is 20.4. The van der Waals surface area contributed by atoms with Gasteiger partial charge in [-0.05, 0) is 81.2 Å². The van der Waals surface area contributed by atoms with Crippen molar-refractivity contribution in [3.63, 3.8) is 0 Å². The first-order valence-corrected chi connectivity index (χ1v) is 25.8. The molecule has 0 spiro atoms. The van der Waals surface area contributed by atoms with E-state index in [9.17, 15) is 24.3 Å². The lowest BCUT2D eigenvalue weighted by Crippen LogP contribution is -2.49. The molecular formula is C54H59ClF4N8O7. The molecule has 5 amide bonds. The van der Waals surface area contributed by atoms with Crippen molar-refractivity contribution in [2.75, 3.05) is 63.9 Å². The number of primary amides is 1. The van der Waals surface area contributed by atoms with Gasteiger partial charge in [0.05, 0.1) is 22.6 Å². The van der Waals surface area contributed by atoms with Crippen LogP contribution in [0.4, 0.5) is 28.2 Å². The summed E-state index contributed by atoms with van der Waals surface area (Å²) in [4.78, 5) is 56.5. The van der Waals surface area contributed by atoms with Crippen LogP contribution in [0, 0.1) is 35.1 Å². The third-order valence-electron chi connectivity index (χ3n) is 16.1. The number of aliphatic hydroxyl groups excluding tert-OH is 1. The first-order chi connectivity index (χ1) is 35.6. The number of aryl methyl sites for hydroxylation is 1. The number of halogens is 5. The van der Waals surface area contributed by atoms with Crippen molar-refractivity contribution >= 4 is 52.1 Å². The maximum atomic E-state index is 16.5. The zero-order valence-corrected chi connectivity index (χ0v) is 42.0. The lowest BCUT2D eigenvalue weighted by atomic mass is 9.77. The Morgan fingerprint density at radius 3 is 2.38 bits per heavy atom. The number of nitrogens with one attached hydrogen (secondary N) is 2. The number of piperidine rings is 1. The lowest BCUT2D eigenvalue weighted by Gasteiger charge is -2.39. The largest absolute Gasteiger partial charge is 0.488 e. The molecular weight excluding hydrogens is 984 g/mol. The fraction of sp³-hybridized carbons (Fsp3) is 0.463. The molecule has 392 valence electrons. The minimum absolute atomic E-state index is 0.0147. The number of urea groups is 1. The van der Waals surface area contributed by atoms with Crippen LogP contribution in [0.1, 0.15) is 97.2 Å². The number of carbonyl (C=O) groups excluding carboxylic acids is 4. The van der Waals surface area contributed by atoms with E-state index in [-0.39, 0.29) is 100 Å². The smallest absolute Gasteiger partial charge is 0.329 e. The number of hydrogen-bond donors (Lipinski definition) is 4. The molecule has 1 saturated carbocycles. The number of aliphatic hydroxyl groups is 1. The van der Waals surface area contributed by atoms with E-state index in [1.54, 1.807) is 7.05 Å². The Labute approximate surface area is 430 Å². The average Bonchev–Trinajstić information content (AvgIpc) is 4.08. The molecule has 1 aliphatic carbocycles. The van der Waals surface area contributed by atoms with Gasteiger partial charge in [0.15, 0.2) is 28.8 Å².